The minimum atomic E-state index is 0. The Bertz CT molecular complexity index is 662. The van der Waals surface area contributed by atoms with Crippen molar-refractivity contribution in [2.75, 3.05) is 34.4 Å². The molecule has 0 spiro atoms. The largest absolute Gasteiger partial charge is 0.493 e. The second kappa shape index (κ2) is 12.4. The van der Waals surface area contributed by atoms with Gasteiger partial charge in [-0.25, -0.2) is 0 Å². The fourth-order valence-electron chi connectivity index (χ4n) is 2.46. The molecule has 7 nitrogen and oxygen atoms in total. The number of halogens is 1. The van der Waals surface area contributed by atoms with Crippen LogP contribution in [0.3, 0.4) is 0 Å². The maximum atomic E-state index is 5.33. The van der Waals surface area contributed by atoms with Gasteiger partial charge in [0.1, 0.15) is 0 Å². The van der Waals surface area contributed by atoms with Crippen molar-refractivity contribution in [1.29, 1.82) is 0 Å². The van der Waals surface area contributed by atoms with Crippen molar-refractivity contribution >= 4 is 29.9 Å². The Morgan fingerprint density at radius 1 is 1.15 bits per heavy atom. The molecule has 0 atom stereocenters. The summed E-state index contributed by atoms with van der Waals surface area (Å²) in [6, 6.07) is 7.91. The molecule has 0 aliphatic rings. The van der Waals surface area contributed by atoms with Gasteiger partial charge in [0.15, 0.2) is 17.5 Å². The highest BCUT2D eigenvalue weighted by Crippen LogP contribution is 2.27. The molecule has 0 saturated carbocycles. The summed E-state index contributed by atoms with van der Waals surface area (Å²) < 4.78 is 12.5. The van der Waals surface area contributed by atoms with E-state index < -0.39 is 0 Å². The van der Waals surface area contributed by atoms with E-state index in [1.807, 2.05) is 35.1 Å². The summed E-state index contributed by atoms with van der Waals surface area (Å²) in [6.07, 6.45) is 5.62. The Labute approximate surface area is 172 Å². The summed E-state index contributed by atoms with van der Waals surface area (Å²) in [7, 11) is 5.06. The first-order valence-electron chi connectivity index (χ1n) is 8.39. The number of nitrogens with zero attached hydrogens (tertiary/aromatic N) is 3. The van der Waals surface area contributed by atoms with E-state index in [9.17, 15) is 0 Å². The molecule has 0 unspecified atom stereocenters. The van der Waals surface area contributed by atoms with E-state index in [4.69, 9.17) is 9.47 Å². The van der Waals surface area contributed by atoms with Crippen LogP contribution in [0.25, 0.3) is 0 Å². The number of hydrogen-bond donors (Lipinski definition) is 2. The Kier molecular flexibility index (Phi) is 10.5. The van der Waals surface area contributed by atoms with Gasteiger partial charge in [0.2, 0.25) is 0 Å². The number of aliphatic imine (C=N–C) groups is 1. The highest BCUT2D eigenvalue weighted by molar-refractivity contribution is 14.0. The standard InChI is InChI=1S/C18H27N5O2.HI/c1-19-18(20-9-4-12-23-13-5-10-22-23)21-11-8-15-6-7-16(24-2)17(14-15)25-3;/h5-7,10,13-14H,4,8-9,11-12H2,1-3H3,(H2,19,20,21);1H. The Balaban J connectivity index is 0.00000338. The number of hydrogen-bond acceptors (Lipinski definition) is 4. The minimum Gasteiger partial charge on any atom is -0.493 e. The summed E-state index contributed by atoms with van der Waals surface area (Å²) in [5.41, 5.74) is 1.18. The van der Waals surface area contributed by atoms with Crippen molar-refractivity contribution in [1.82, 2.24) is 20.4 Å². The normalized spacial score (nSPS) is 10.8. The molecule has 2 N–H and O–H groups in total. The number of guanidine groups is 1. The molecule has 0 aliphatic carbocycles. The quantitative estimate of drug-likeness (QED) is 0.253. The van der Waals surface area contributed by atoms with Gasteiger partial charge < -0.3 is 20.1 Å². The van der Waals surface area contributed by atoms with Crippen LogP contribution in [0.15, 0.2) is 41.7 Å². The van der Waals surface area contributed by atoms with Crippen LogP contribution in [0.4, 0.5) is 0 Å². The zero-order valence-electron chi connectivity index (χ0n) is 15.6. The van der Waals surface area contributed by atoms with Crippen LogP contribution in [0.1, 0.15) is 12.0 Å². The number of rotatable bonds is 9. The van der Waals surface area contributed by atoms with Gasteiger partial charge in [-0.05, 0) is 36.6 Å². The van der Waals surface area contributed by atoms with E-state index in [2.05, 4.69) is 20.7 Å². The SMILES string of the molecule is CN=C(NCCCn1cccn1)NCCc1ccc(OC)c(OC)c1.I. The van der Waals surface area contributed by atoms with Crippen molar-refractivity contribution in [3.63, 3.8) is 0 Å². The topological polar surface area (TPSA) is 72.7 Å². The fourth-order valence-corrected chi connectivity index (χ4v) is 2.46. The summed E-state index contributed by atoms with van der Waals surface area (Å²) >= 11 is 0. The van der Waals surface area contributed by atoms with Crippen molar-refractivity contribution in [2.45, 2.75) is 19.4 Å². The minimum absolute atomic E-state index is 0. The number of methoxy groups -OCH3 is 2. The Morgan fingerprint density at radius 2 is 1.92 bits per heavy atom. The molecular formula is C18H28IN5O2. The molecule has 0 aliphatic heterocycles. The summed E-state index contributed by atoms with van der Waals surface area (Å²) in [6.45, 7) is 2.52. The Hall–Kier alpha value is -1.97. The number of aromatic nitrogens is 2. The lowest BCUT2D eigenvalue weighted by molar-refractivity contribution is 0.354. The van der Waals surface area contributed by atoms with Crippen LogP contribution < -0.4 is 20.1 Å². The van der Waals surface area contributed by atoms with Crippen molar-refractivity contribution in [3.05, 3.63) is 42.2 Å². The highest BCUT2D eigenvalue weighted by atomic mass is 127. The van der Waals surface area contributed by atoms with Crippen LogP contribution in [0.2, 0.25) is 0 Å². The number of ether oxygens (including phenoxy) is 2. The van der Waals surface area contributed by atoms with E-state index in [0.29, 0.717) is 0 Å². The highest BCUT2D eigenvalue weighted by Gasteiger charge is 2.05. The Morgan fingerprint density at radius 3 is 2.58 bits per heavy atom. The third kappa shape index (κ3) is 7.11. The van der Waals surface area contributed by atoms with Crippen molar-refractivity contribution in [2.24, 2.45) is 4.99 Å². The number of nitrogens with one attached hydrogen (secondary N) is 2. The molecule has 0 saturated heterocycles. The first-order chi connectivity index (χ1) is 12.3. The second-order valence-corrected chi connectivity index (χ2v) is 5.49. The smallest absolute Gasteiger partial charge is 0.190 e. The van der Waals surface area contributed by atoms with Crippen molar-refractivity contribution < 1.29 is 9.47 Å². The molecule has 0 radical (unpaired) electrons. The van der Waals surface area contributed by atoms with Crippen LogP contribution in [0.5, 0.6) is 11.5 Å². The zero-order chi connectivity index (χ0) is 17.9. The molecule has 1 aromatic carbocycles. The summed E-state index contributed by atoms with van der Waals surface area (Å²) in [4.78, 5) is 4.24. The van der Waals surface area contributed by atoms with E-state index in [1.165, 1.54) is 5.56 Å². The van der Waals surface area contributed by atoms with E-state index in [-0.39, 0.29) is 24.0 Å². The van der Waals surface area contributed by atoms with Gasteiger partial charge in [0, 0.05) is 39.1 Å². The molecule has 144 valence electrons. The molecule has 0 bridgehead atoms. The number of benzene rings is 1. The lowest BCUT2D eigenvalue weighted by Gasteiger charge is -2.13. The molecule has 8 heteroatoms. The molecular weight excluding hydrogens is 445 g/mol. The molecule has 2 rings (SSSR count). The molecule has 26 heavy (non-hydrogen) atoms. The molecule has 2 aromatic rings. The van der Waals surface area contributed by atoms with Crippen LogP contribution in [0, 0.1) is 0 Å². The number of aryl methyl sites for hydroxylation is 1. The third-order valence-corrected chi connectivity index (χ3v) is 3.79. The predicted molar refractivity (Wildman–Crippen MR) is 115 cm³/mol. The second-order valence-electron chi connectivity index (χ2n) is 5.49. The maximum Gasteiger partial charge on any atom is 0.190 e. The first kappa shape index (κ1) is 22.1. The maximum absolute atomic E-state index is 5.33. The van der Waals surface area contributed by atoms with Gasteiger partial charge in [0.05, 0.1) is 14.2 Å². The van der Waals surface area contributed by atoms with Gasteiger partial charge in [-0.3, -0.25) is 9.67 Å². The monoisotopic (exact) mass is 473 g/mol. The zero-order valence-corrected chi connectivity index (χ0v) is 17.9. The lowest BCUT2D eigenvalue weighted by Crippen LogP contribution is -2.39. The van der Waals surface area contributed by atoms with Gasteiger partial charge in [0.25, 0.3) is 0 Å². The van der Waals surface area contributed by atoms with Gasteiger partial charge in [-0.2, -0.15) is 5.10 Å². The average molecular weight is 473 g/mol. The third-order valence-electron chi connectivity index (χ3n) is 3.79. The van der Waals surface area contributed by atoms with Gasteiger partial charge in [-0.15, -0.1) is 24.0 Å². The van der Waals surface area contributed by atoms with Crippen molar-refractivity contribution in [3.8, 4) is 11.5 Å². The molecule has 0 amide bonds. The first-order valence-corrected chi connectivity index (χ1v) is 8.39. The molecule has 1 aromatic heterocycles. The van der Waals surface area contributed by atoms with Gasteiger partial charge in [-0.1, -0.05) is 6.07 Å². The molecule has 0 fully saturated rings. The molecule has 1 heterocycles. The van der Waals surface area contributed by atoms with E-state index >= 15 is 0 Å². The fraction of sp³-hybridized carbons (Fsp3) is 0.444. The summed E-state index contributed by atoms with van der Waals surface area (Å²) in [5.74, 6) is 2.30. The predicted octanol–water partition coefficient (Wildman–Crippen LogP) is 2.32. The lowest BCUT2D eigenvalue weighted by atomic mass is 10.1. The van der Waals surface area contributed by atoms with Crippen LogP contribution >= 0.6 is 24.0 Å². The van der Waals surface area contributed by atoms with Crippen LogP contribution in [-0.2, 0) is 13.0 Å². The van der Waals surface area contributed by atoms with E-state index in [0.717, 1.165) is 49.9 Å². The van der Waals surface area contributed by atoms with E-state index in [1.54, 1.807) is 27.5 Å². The summed E-state index contributed by atoms with van der Waals surface area (Å²) in [5, 5.41) is 10.8. The average Bonchev–Trinajstić information content (AvgIpc) is 3.16. The van der Waals surface area contributed by atoms with Crippen LogP contribution in [-0.4, -0.2) is 50.1 Å². The van der Waals surface area contributed by atoms with Gasteiger partial charge >= 0.3 is 0 Å².